The van der Waals surface area contributed by atoms with E-state index in [1.54, 1.807) is 6.20 Å². The first-order valence-corrected chi connectivity index (χ1v) is 6.18. The van der Waals surface area contributed by atoms with Gasteiger partial charge in [0, 0.05) is 28.9 Å². The Bertz CT molecular complexity index is 837. The first kappa shape index (κ1) is 13.2. The molecule has 3 heterocycles. The van der Waals surface area contributed by atoms with Crippen LogP contribution < -0.4 is 10.5 Å². The molecule has 0 aliphatic carbocycles. The van der Waals surface area contributed by atoms with Crippen molar-refractivity contribution < 1.29 is 9.13 Å². The number of nitrogen functional groups attached to an aromatic ring is 1. The molecule has 3 rings (SSSR count). The Labute approximate surface area is 119 Å². The Morgan fingerprint density at radius 1 is 1.10 bits per heavy atom. The largest absolute Gasteiger partial charge is 0.479 e. The molecule has 6 nitrogen and oxygen atoms in total. The number of aromatic nitrogens is 4. The normalized spacial score (nSPS) is 10.8. The smallest absolute Gasteiger partial charge is 0.250 e. The summed E-state index contributed by atoms with van der Waals surface area (Å²) < 4.78 is 18.5. The van der Waals surface area contributed by atoms with Gasteiger partial charge in [0.1, 0.15) is 0 Å². The van der Waals surface area contributed by atoms with Crippen molar-refractivity contribution in [2.24, 2.45) is 0 Å². The zero-order chi connectivity index (χ0) is 15.0. The highest BCUT2D eigenvalue weighted by Crippen LogP contribution is 2.25. The monoisotopic (exact) mass is 285 g/mol. The van der Waals surface area contributed by atoms with Crippen LogP contribution in [0.1, 0.15) is 5.69 Å². The van der Waals surface area contributed by atoms with Gasteiger partial charge in [-0.1, -0.05) is 0 Å². The molecule has 0 atom stereocenters. The number of fused-ring (bicyclic) bond motifs is 1. The van der Waals surface area contributed by atoms with Crippen LogP contribution in [-0.2, 0) is 0 Å². The average Bonchev–Trinajstić information content (AvgIpc) is 2.46. The van der Waals surface area contributed by atoms with Gasteiger partial charge in [-0.3, -0.25) is 0 Å². The van der Waals surface area contributed by atoms with Crippen molar-refractivity contribution in [2.45, 2.75) is 6.92 Å². The Balaban J connectivity index is 2.15. The number of anilines is 1. The SMILES string of the molecule is COc1ncc(-c2cnc3nc(N)nc(C)c3c2)cc1F. The van der Waals surface area contributed by atoms with E-state index in [2.05, 4.69) is 19.9 Å². The number of hydrogen-bond donors (Lipinski definition) is 1. The predicted octanol–water partition coefficient (Wildman–Crippen LogP) is 2.13. The van der Waals surface area contributed by atoms with Crippen LogP contribution in [-0.4, -0.2) is 27.0 Å². The van der Waals surface area contributed by atoms with Crippen molar-refractivity contribution in [3.05, 3.63) is 36.0 Å². The Hall–Kier alpha value is -2.83. The summed E-state index contributed by atoms with van der Waals surface area (Å²) in [6.45, 7) is 1.82. The minimum Gasteiger partial charge on any atom is -0.479 e. The standard InChI is InChI=1S/C14H12FN5O/c1-7-10-3-8(5-17-12(10)20-14(16)19-7)9-4-11(15)13(21-2)18-6-9/h3-6H,1-2H3,(H2,16,17,19,20). The first-order valence-electron chi connectivity index (χ1n) is 6.18. The minimum absolute atomic E-state index is 0.0419. The Kier molecular flexibility index (Phi) is 3.09. The molecule has 0 saturated carbocycles. The molecule has 0 amide bonds. The van der Waals surface area contributed by atoms with Crippen LogP contribution in [0, 0.1) is 12.7 Å². The molecule has 106 valence electrons. The van der Waals surface area contributed by atoms with Gasteiger partial charge in [-0.15, -0.1) is 0 Å². The topological polar surface area (TPSA) is 86.8 Å². The molecular weight excluding hydrogens is 273 g/mol. The van der Waals surface area contributed by atoms with Crippen LogP contribution >= 0.6 is 0 Å². The number of pyridine rings is 2. The molecule has 0 aromatic carbocycles. The lowest BCUT2D eigenvalue weighted by molar-refractivity contribution is 0.369. The summed E-state index contributed by atoms with van der Waals surface area (Å²) in [6, 6.07) is 3.18. The van der Waals surface area contributed by atoms with Gasteiger partial charge in [0.2, 0.25) is 11.8 Å². The highest BCUT2D eigenvalue weighted by molar-refractivity contribution is 5.83. The fourth-order valence-corrected chi connectivity index (χ4v) is 2.07. The van der Waals surface area contributed by atoms with Crippen LogP contribution in [0.4, 0.5) is 10.3 Å². The van der Waals surface area contributed by atoms with Crippen molar-refractivity contribution in [3.8, 4) is 17.0 Å². The molecule has 3 aromatic rings. The summed E-state index contributed by atoms with van der Waals surface area (Å²) in [5, 5.41) is 0.762. The fourth-order valence-electron chi connectivity index (χ4n) is 2.07. The van der Waals surface area contributed by atoms with Gasteiger partial charge >= 0.3 is 0 Å². The van der Waals surface area contributed by atoms with E-state index in [1.807, 2.05) is 13.0 Å². The molecule has 0 fully saturated rings. The van der Waals surface area contributed by atoms with E-state index in [0.717, 1.165) is 5.39 Å². The van der Waals surface area contributed by atoms with Gasteiger partial charge < -0.3 is 10.5 Å². The molecular formula is C14H12FN5O. The second-order valence-corrected chi connectivity index (χ2v) is 4.48. The van der Waals surface area contributed by atoms with E-state index in [9.17, 15) is 4.39 Å². The van der Waals surface area contributed by atoms with Gasteiger partial charge in [0.05, 0.1) is 12.8 Å². The lowest BCUT2D eigenvalue weighted by atomic mass is 10.1. The zero-order valence-corrected chi connectivity index (χ0v) is 11.5. The molecule has 0 saturated heterocycles. The maximum absolute atomic E-state index is 13.7. The molecule has 0 aliphatic rings. The van der Waals surface area contributed by atoms with Crippen LogP contribution in [0.5, 0.6) is 5.88 Å². The summed E-state index contributed by atoms with van der Waals surface area (Å²) in [7, 11) is 1.37. The molecule has 7 heteroatoms. The highest BCUT2D eigenvalue weighted by atomic mass is 19.1. The predicted molar refractivity (Wildman–Crippen MR) is 76.2 cm³/mol. The van der Waals surface area contributed by atoms with E-state index in [0.29, 0.717) is 22.5 Å². The summed E-state index contributed by atoms with van der Waals surface area (Å²) in [5.74, 6) is -0.391. The van der Waals surface area contributed by atoms with E-state index in [1.165, 1.54) is 19.4 Å². The second-order valence-electron chi connectivity index (χ2n) is 4.48. The van der Waals surface area contributed by atoms with Gasteiger partial charge in [-0.2, -0.15) is 4.98 Å². The van der Waals surface area contributed by atoms with Crippen LogP contribution in [0.3, 0.4) is 0 Å². The fraction of sp³-hybridized carbons (Fsp3) is 0.143. The summed E-state index contributed by atoms with van der Waals surface area (Å²) >= 11 is 0. The third-order valence-electron chi connectivity index (χ3n) is 3.09. The van der Waals surface area contributed by atoms with Gasteiger partial charge in [-0.25, -0.2) is 19.3 Å². The molecule has 0 unspecified atom stereocenters. The van der Waals surface area contributed by atoms with Gasteiger partial charge in [0.25, 0.3) is 0 Å². The first-order chi connectivity index (χ1) is 10.1. The minimum atomic E-state index is -0.527. The highest BCUT2D eigenvalue weighted by Gasteiger charge is 2.10. The summed E-state index contributed by atoms with van der Waals surface area (Å²) in [6.07, 6.45) is 3.12. The number of hydrogen-bond acceptors (Lipinski definition) is 6. The number of nitrogens with two attached hydrogens (primary N) is 1. The maximum atomic E-state index is 13.7. The van der Waals surface area contributed by atoms with Crippen LogP contribution in [0.15, 0.2) is 24.5 Å². The van der Waals surface area contributed by atoms with Crippen molar-refractivity contribution in [1.29, 1.82) is 0 Å². The number of nitrogens with zero attached hydrogens (tertiary/aromatic N) is 4. The molecule has 0 aliphatic heterocycles. The molecule has 0 radical (unpaired) electrons. The Morgan fingerprint density at radius 3 is 2.52 bits per heavy atom. The van der Waals surface area contributed by atoms with Gasteiger partial charge in [0.15, 0.2) is 11.5 Å². The number of aryl methyl sites for hydroxylation is 1. The Morgan fingerprint density at radius 2 is 1.81 bits per heavy atom. The summed E-state index contributed by atoms with van der Waals surface area (Å²) in [5.41, 5.74) is 8.12. The third-order valence-corrected chi connectivity index (χ3v) is 3.09. The van der Waals surface area contributed by atoms with E-state index < -0.39 is 5.82 Å². The van der Waals surface area contributed by atoms with E-state index >= 15 is 0 Å². The molecule has 0 spiro atoms. The van der Waals surface area contributed by atoms with E-state index in [4.69, 9.17) is 10.5 Å². The van der Waals surface area contributed by atoms with Crippen LogP contribution in [0.2, 0.25) is 0 Å². The number of methoxy groups -OCH3 is 1. The average molecular weight is 285 g/mol. The van der Waals surface area contributed by atoms with E-state index in [-0.39, 0.29) is 11.8 Å². The summed E-state index contributed by atoms with van der Waals surface area (Å²) in [4.78, 5) is 16.3. The molecule has 21 heavy (non-hydrogen) atoms. The van der Waals surface area contributed by atoms with Crippen molar-refractivity contribution >= 4 is 17.0 Å². The van der Waals surface area contributed by atoms with Crippen LogP contribution in [0.25, 0.3) is 22.2 Å². The zero-order valence-electron chi connectivity index (χ0n) is 11.5. The molecule has 0 bridgehead atoms. The number of halogens is 1. The van der Waals surface area contributed by atoms with Crippen molar-refractivity contribution in [1.82, 2.24) is 19.9 Å². The van der Waals surface area contributed by atoms with Crippen molar-refractivity contribution in [3.63, 3.8) is 0 Å². The molecule has 2 N–H and O–H groups in total. The number of ether oxygens (including phenoxy) is 1. The lowest BCUT2D eigenvalue weighted by Crippen LogP contribution is -1.99. The number of rotatable bonds is 2. The second kappa shape index (κ2) is 4.93. The van der Waals surface area contributed by atoms with Crippen molar-refractivity contribution in [2.75, 3.05) is 12.8 Å². The third kappa shape index (κ3) is 2.33. The van der Waals surface area contributed by atoms with Gasteiger partial charge in [-0.05, 0) is 19.1 Å². The molecule has 3 aromatic heterocycles. The maximum Gasteiger partial charge on any atom is 0.250 e. The quantitative estimate of drug-likeness (QED) is 0.776. The lowest BCUT2D eigenvalue weighted by Gasteiger charge is -2.06.